The van der Waals surface area contributed by atoms with Gasteiger partial charge in [-0.05, 0) is 55.0 Å². The third kappa shape index (κ3) is 5.73. The number of para-hydroxylation sites is 1. The van der Waals surface area contributed by atoms with Crippen molar-refractivity contribution < 1.29 is 18.0 Å². The van der Waals surface area contributed by atoms with E-state index < -0.39 is 10.0 Å². The first kappa shape index (κ1) is 25.7. The number of piperidine rings is 1. The second-order valence-electron chi connectivity index (χ2n) is 9.39. The zero-order valence-electron chi connectivity index (χ0n) is 20.5. The van der Waals surface area contributed by atoms with Gasteiger partial charge in [0.25, 0.3) is 0 Å². The van der Waals surface area contributed by atoms with Crippen molar-refractivity contribution in [1.29, 1.82) is 0 Å². The highest BCUT2D eigenvalue weighted by Crippen LogP contribution is 2.40. The number of amides is 2. The predicted octanol–water partition coefficient (Wildman–Crippen LogP) is 4.53. The van der Waals surface area contributed by atoms with Crippen molar-refractivity contribution >= 4 is 45.0 Å². The fourth-order valence-electron chi connectivity index (χ4n) is 4.55. The summed E-state index contributed by atoms with van der Waals surface area (Å²) in [7, 11) is -3.69. The summed E-state index contributed by atoms with van der Waals surface area (Å²) in [5.74, 6) is 0.00269. The van der Waals surface area contributed by atoms with Crippen molar-refractivity contribution in [1.82, 2.24) is 4.31 Å². The quantitative estimate of drug-likeness (QED) is 0.611. The fourth-order valence-corrected chi connectivity index (χ4v) is 7.13. The minimum Gasteiger partial charge on any atom is -0.324 e. The molecule has 1 fully saturated rings. The summed E-state index contributed by atoms with van der Waals surface area (Å²) < 4.78 is 28.3. The van der Waals surface area contributed by atoms with Gasteiger partial charge in [0, 0.05) is 35.3 Å². The van der Waals surface area contributed by atoms with Crippen molar-refractivity contribution in [3.05, 3.63) is 48.0 Å². The summed E-state index contributed by atoms with van der Waals surface area (Å²) in [6.45, 7) is 6.93. The maximum absolute atomic E-state index is 13.4. The number of carbonyl (C=O) groups is 2. The van der Waals surface area contributed by atoms with E-state index >= 15 is 0 Å². The van der Waals surface area contributed by atoms with Crippen molar-refractivity contribution in [2.75, 3.05) is 29.9 Å². The van der Waals surface area contributed by atoms with Crippen LogP contribution in [0.2, 0.25) is 0 Å². The number of carbonyl (C=O) groups excluding carboxylic acids is 2. The second-order valence-corrected chi connectivity index (χ2v) is 12.8. The molecule has 188 valence electrons. The summed E-state index contributed by atoms with van der Waals surface area (Å²) in [5, 5.41) is 2.94. The van der Waals surface area contributed by atoms with Crippen LogP contribution >= 0.6 is 11.8 Å². The van der Waals surface area contributed by atoms with Crippen LogP contribution in [0.1, 0.15) is 45.6 Å². The zero-order valence-corrected chi connectivity index (χ0v) is 22.1. The van der Waals surface area contributed by atoms with Crippen LogP contribution in [0, 0.1) is 5.92 Å². The molecule has 9 heteroatoms. The van der Waals surface area contributed by atoms with Crippen LogP contribution in [0.4, 0.5) is 11.4 Å². The van der Waals surface area contributed by atoms with E-state index in [9.17, 15) is 18.0 Å². The molecule has 1 unspecified atom stereocenters. The van der Waals surface area contributed by atoms with Gasteiger partial charge in [0.2, 0.25) is 21.8 Å². The Morgan fingerprint density at radius 3 is 2.54 bits per heavy atom. The number of nitrogens with zero attached hydrogens (tertiary/aromatic N) is 2. The summed E-state index contributed by atoms with van der Waals surface area (Å²) in [4.78, 5) is 28.6. The third-order valence-electron chi connectivity index (χ3n) is 6.67. The van der Waals surface area contributed by atoms with Gasteiger partial charge in [-0.2, -0.15) is 4.31 Å². The summed E-state index contributed by atoms with van der Waals surface area (Å²) >= 11 is 1.53. The molecule has 0 aromatic heterocycles. The number of anilines is 2. The SMILES string of the molecule is CCc1ccccc1NC(=O)CN1C(=O)CC(C)Sc2ccc(S(=O)(=O)N3CCC(C)CC3)cc21. The summed E-state index contributed by atoms with van der Waals surface area (Å²) in [6.07, 6.45) is 2.71. The van der Waals surface area contributed by atoms with E-state index in [1.807, 2.05) is 38.1 Å². The monoisotopic (exact) mass is 515 g/mol. The molecule has 2 aromatic rings. The van der Waals surface area contributed by atoms with Gasteiger partial charge in [-0.15, -0.1) is 11.8 Å². The number of sulfonamides is 1. The van der Waals surface area contributed by atoms with E-state index in [0.717, 1.165) is 35.4 Å². The molecule has 1 N–H and O–H groups in total. The number of aryl methyl sites for hydroxylation is 1. The Hall–Kier alpha value is -2.36. The number of hydrogen-bond donors (Lipinski definition) is 1. The highest BCUT2D eigenvalue weighted by Gasteiger charge is 2.32. The van der Waals surface area contributed by atoms with Crippen LogP contribution in [-0.4, -0.2) is 49.4 Å². The summed E-state index contributed by atoms with van der Waals surface area (Å²) in [6, 6.07) is 12.5. The van der Waals surface area contributed by atoms with Gasteiger partial charge in [0.15, 0.2) is 0 Å². The van der Waals surface area contributed by atoms with Crippen molar-refractivity contribution in [3.8, 4) is 0 Å². The number of rotatable bonds is 6. The van der Waals surface area contributed by atoms with Crippen LogP contribution in [0.25, 0.3) is 0 Å². The predicted molar refractivity (Wildman–Crippen MR) is 140 cm³/mol. The molecular weight excluding hydrogens is 482 g/mol. The smallest absolute Gasteiger partial charge is 0.244 e. The molecular formula is C26H33N3O4S2. The molecule has 35 heavy (non-hydrogen) atoms. The third-order valence-corrected chi connectivity index (χ3v) is 9.73. The number of thioether (sulfide) groups is 1. The van der Waals surface area contributed by atoms with Gasteiger partial charge in [0.1, 0.15) is 6.54 Å². The first-order valence-corrected chi connectivity index (χ1v) is 14.5. The maximum Gasteiger partial charge on any atom is 0.244 e. The van der Waals surface area contributed by atoms with Crippen LogP contribution < -0.4 is 10.2 Å². The van der Waals surface area contributed by atoms with E-state index in [1.54, 1.807) is 18.2 Å². The number of hydrogen-bond acceptors (Lipinski definition) is 5. The van der Waals surface area contributed by atoms with Crippen molar-refractivity contribution in [3.63, 3.8) is 0 Å². The Kier molecular flexibility index (Phi) is 7.88. The lowest BCUT2D eigenvalue weighted by molar-refractivity contribution is -0.121. The van der Waals surface area contributed by atoms with E-state index in [2.05, 4.69) is 12.2 Å². The molecule has 1 atom stereocenters. The Balaban J connectivity index is 1.64. The van der Waals surface area contributed by atoms with Gasteiger partial charge in [0.05, 0.1) is 10.6 Å². The first-order valence-electron chi connectivity index (χ1n) is 12.2. The van der Waals surface area contributed by atoms with Gasteiger partial charge in [-0.1, -0.05) is 39.0 Å². The Labute approximate surface area is 212 Å². The van der Waals surface area contributed by atoms with Gasteiger partial charge in [-0.25, -0.2) is 8.42 Å². The molecule has 0 spiro atoms. The van der Waals surface area contributed by atoms with Gasteiger partial charge >= 0.3 is 0 Å². The molecule has 2 aliphatic rings. The van der Waals surface area contributed by atoms with Gasteiger partial charge < -0.3 is 10.2 Å². The van der Waals surface area contributed by atoms with E-state index in [0.29, 0.717) is 24.7 Å². The molecule has 2 aromatic carbocycles. The number of nitrogens with one attached hydrogen (secondary N) is 1. The van der Waals surface area contributed by atoms with Crippen LogP contribution in [0.15, 0.2) is 52.3 Å². The standard InChI is InChI=1S/C26H33N3O4S2/c1-4-20-7-5-6-8-22(20)27-25(30)17-29-23-16-21(9-10-24(23)34-19(3)15-26(29)31)35(32,33)28-13-11-18(2)12-14-28/h5-10,16,18-19H,4,11-15,17H2,1-3H3,(H,27,30). The van der Waals surface area contributed by atoms with Crippen molar-refractivity contribution in [2.45, 2.75) is 61.5 Å². The largest absolute Gasteiger partial charge is 0.324 e. The van der Waals surface area contributed by atoms with Crippen LogP contribution in [0.3, 0.4) is 0 Å². The first-order chi connectivity index (χ1) is 16.7. The van der Waals surface area contributed by atoms with Gasteiger partial charge in [-0.3, -0.25) is 9.59 Å². The van der Waals surface area contributed by atoms with Crippen LogP contribution in [0.5, 0.6) is 0 Å². The molecule has 0 radical (unpaired) electrons. The Morgan fingerprint density at radius 1 is 1.11 bits per heavy atom. The Morgan fingerprint density at radius 2 is 1.83 bits per heavy atom. The molecule has 0 bridgehead atoms. The average molecular weight is 516 g/mol. The van der Waals surface area contributed by atoms with Crippen LogP contribution in [-0.2, 0) is 26.0 Å². The lowest BCUT2D eigenvalue weighted by Crippen LogP contribution is -2.39. The Bertz CT molecular complexity index is 1210. The zero-order chi connectivity index (χ0) is 25.2. The molecule has 2 amide bonds. The number of benzene rings is 2. The average Bonchev–Trinajstić information content (AvgIpc) is 2.94. The van der Waals surface area contributed by atoms with E-state index in [4.69, 9.17) is 0 Å². The van der Waals surface area contributed by atoms with E-state index in [1.165, 1.54) is 21.0 Å². The molecule has 0 aliphatic carbocycles. The molecule has 1 saturated heterocycles. The maximum atomic E-state index is 13.4. The highest BCUT2D eigenvalue weighted by molar-refractivity contribution is 8.00. The van der Waals surface area contributed by atoms with Crippen molar-refractivity contribution in [2.24, 2.45) is 5.92 Å². The highest BCUT2D eigenvalue weighted by atomic mass is 32.2. The molecule has 4 rings (SSSR count). The second kappa shape index (κ2) is 10.7. The minimum absolute atomic E-state index is 0.0150. The topological polar surface area (TPSA) is 86.8 Å². The van der Waals surface area contributed by atoms with E-state index in [-0.39, 0.29) is 34.9 Å². The fraction of sp³-hybridized carbons (Fsp3) is 0.462. The molecule has 2 aliphatic heterocycles. The lowest BCUT2D eigenvalue weighted by Gasteiger charge is -2.30. The molecule has 7 nitrogen and oxygen atoms in total. The minimum atomic E-state index is -3.69. The lowest BCUT2D eigenvalue weighted by atomic mass is 10.0. The normalized spacial score (nSPS) is 19.8. The molecule has 0 saturated carbocycles. The number of fused-ring (bicyclic) bond motifs is 1. The molecule has 2 heterocycles. The summed E-state index contributed by atoms with van der Waals surface area (Å²) in [5.41, 5.74) is 2.22.